The number of carbonyl (C=O) groups excluding carboxylic acids is 3. The molecule has 0 aliphatic carbocycles. The van der Waals surface area contributed by atoms with E-state index in [1.54, 1.807) is 26.0 Å². The Morgan fingerprint density at radius 2 is 1.83 bits per heavy atom. The van der Waals surface area contributed by atoms with Crippen LogP contribution in [0, 0.1) is 10.1 Å². The highest BCUT2D eigenvalue weighted by Crippen LogP contribution is 2.44. The molecule has 2 saturated heterocycles. The maximum absolute atomic E-state index is 12.6. The standard InChI is InChI=1S/C20H23N3O7/c1-3-29-19(25)11-15(20(26)30-4-2)17-12-16(21-10-9-18(24)22(17)21)13-5-7-14(8-6-13)23(27)28/h5-8,16H,3-4,9-12H2,1-2H3/b17-15+/t16-/m1/s1. The van der Waals surface area contributed by atoms with E-state index in [1.165, 1.54) is 17.1 Å². The summed E-state index contributed by atoms with van der Waals surface area (Å²) >= 11 is 0. The Labute approximate surface area is 173 Å². The Bertz CT molecular complexity index is 894. The van der Waals surface area contributed by atoms with Gasteiger partial charge in [-0.25, -0.2) is 14.8 Å². The van der Waals surface area contributed by atoms with Gasteiger partial charge in [0.25, 0.3) is 5.69 Å². The number of benzene rings is 1. The normalized spacial score (nSPS) is 20.1. The van der Waals surface area contributed by atoms with Crippen LogP contribution in [0.4, 0.5) is 5.69 Å². The third-order valence-corrected chi connectivity index (χ3v) is 5.04. The van der Waals surface area contributed by atoms with Crippen LogP contribution in [0.5, 0.6) is 0 Å². The molecule has 2 fully saturated rings. The van der Waals surface area contributed by atoms with Gasteiger partial charge < -0.3 is 9.47 Å². The van der Waals surface area contributed by atoms with Gasteiger partial charge in [0.05, 0.1) is 41.9 Å². The summed E-state index contributed by atoms with van der Waals surface area (Å²) in [5, 5.41) is 14.2. The van der Waals surface area contributed by atoms with E-state index < -0.39 is 16.9 Å². The summed E-state index contributed by atoms with van der Waals surface area (Å²) in [5.41, 5.74) is 1.25. The highest BCUT2D eigenvalue weighted by molar-refractivity contribution is 5.96. The number of amides is 1. The van der Waals surface area contributed by atoms with E-state index in [-0.39, 0.29) is 55.7 Å². The molecule has 1 aromatic rings. The predicted octanol–water partition coefficient (Wildman–Crippen LogP) is 2.26. The van der Waals surface area contributed by atoms with E-state index in [9.17, 15) is 24.5 Å². The quantitative estimate of drug-likeness (QED) is 0.287. The van der Waals surface area contributed by atoms with Gasteiger partial charge >= 0.3 is 11.9 Å². The van der Waals surface area contributed by atoms with Crippen molar-refractivity contribution in [2.75, 3.05) is 19.8 Å². The zero-order chi connectivity index (χ0) is 21.8. The number of hydrogen-bond acceptors (Lipinski definition) is 8. The first-order chi connectivity index (χ1) is 14.4. The second-order valence-corrected chi connectivity index (χ2v) is 6.81. The fourth-order valence-corrected chi connectivity index (χ4v) is 3.76. The minimum atomic E-state index is -0.662. The van der Waals surface area contributed by atoms with Crippen molar-refractivity contribution in [3.05, 3.63) is 51.2 Å². The van der Waals surface area contributed by atoms with Crippen LogP contribution < -0.4 is 0 Å². The van der Waals surface area contributed by atoms with Crippen molar-refractivity contribution < 1.29 is 28.8 Å². The Balaban J connectivity index is 2.00. The van der Waals surface area contributed by atoms with Crippen LogP contribution in [0.25, 0.3) is 0 Å². The molecule has 30 heavy (non-hydrogen) atoms. The van der Waals surface area contributed by atoms with Gasteiger partial charge in [-0.15, -0.1) is 0 Å². The SMILES string of the molecule is CCOC(=O)C/C(C(=O)OCC)=C1/C[C@H](c2ccc([N+](=O)[O-])cc2)N2CCC(=O)N12. The number of nitrogens with zero attached hydrogens (tertiary/aromatic N) is 3. The second kappa shape index (κ2) is 9.04. The van der Waals surface area contributed by atoms with Crippen LogP contribution in [0.1, 0.15) is 44.7 Å². The van der Waals surface area contributed by atoms with Gasteiger partial charge in [0.15, 0.2) is 0 Å². The summed E-state index contributed by atoms with van der Waals surface area (Å²) < 4.78 is 10.1. The molecule has 2 aliphatic rings. The molecule has 0 spiro atoms. The van der Waals surface area contributed by atoms with Gasteiger partial charge in [-0.3, -0.25) is 19.7 Å². The number of nitro groups is 1. The van der Waals surface area contributed by atoms with Gasteiger partial charge in [0.2, 0.25) is 5.91 Å². The average Bonchev–Trinajstić information content (AvgIpc) is 3.27. The Kier molecular flexibility index (Phi) is 6.46. The van der Waals surface area contributed by atoms with Crippen LogP contribution in [0.3, 0.4) is 0 Å². The Morgan fingerprint density at radius 1 is 1.17 bits per heavy atom. The summed E-state index contributed by atoms with van der Waals surface area (Å²) in [6, 6.07) is 5.80. The van der Waals surface area contributed by atoms with Crippen LogP contribution in [0.15, 0.2) is 35.5 Å². The molecule has 1 amide bonds. The first kappa shape index (κ1) is 21.4. The van der Waals surface area contributed by atoms with Crippen molar-refractivity contribution in [2.24, 2.45) is 0 Å². The molecule has 1 aromatic carbocycles. The molecular weight excluding hydrogens is 394 g/mol. The summed E-state index contributed by atoms with van der Waals surface area (Å²) in [5.74, 6) is -1.42. The predicted molar refractivity (Wildman–Crippen MR) is 104 cm³/mol. The monoisotopic (exact) mass is 417 g/mol. The van der Waals surface area contributed by atoms with E-state index in [1.807, 2.05) is 5.01 Å². The number of esters is 2. The van der Waals surface area contributed by atoms with Crippen LogP contribution >= 0.6 is 0 Å². The summed E-state index contributed by atoms with van der Waals surface area (Å²) in [4.78, 5) is 47.7. The minimum Gasteiger partial charge on any atom is -0.466 e. The van der Waals surface area contributed by atoms with Crippen molar-refractivity contribution in [2.45, 2.75) is 39.2 Å². The number of nitro benzene ring substituents is 1. The number of hydrogen-bond donors (Lipinski definition) is 0. The molecule has 10 nitrogen and oxygen atoms in total. The maximum atomic E-state index is 12.6. The van der Waals surface area contributed by atoms with Gasteiger partial charge in [0.1, 0.15) is 0 Å². The lowest BCUT2D eigenvalue weighted by atomic mass is 9.99. The average molecular weight is 417 g/mol. The van der Waals surface area contributed by atoms with E-state index >= 15 is 0 Å². The van der Waals surface area contributed by atoms with E-state index in [4.69, 9.17) is 9.47 Å². The molecule has 0 unspecified atom stereocenters. The number of rotatable bonds is 7. The van der Waals surface area contributed by atoms with E-state index in [0.717, 1.165) is 5.56 Å². The highest BCUT2D eigenvalue weighted by Gasteiger charge is 2.46. The number of fused-ring (bicyclic) bond motifs is 1. The van der Waals surface area contributed by atoms with Crippen molar-refractivity contribution in [1.29, 1.82) is 0 Å². The first-order valence-electron chi connectivity index (χ1n) is 9.76. The number of ether oxygens (including phenoxy) is 2. The summed E-state index contributed by atoms with van der Waals surface area (Å²) in [6.45, 7) is 4.07. The molecule has 0 N–H and O–H groups in total. The zero-order valence-corrected chi connectivity index (χ0v) is 16.8. The summed E-state index contributed by atoms with van der Waals surface area (Å²) in [7, 11) is 0. The lowest BCUT2D eigenvalue weighted by Gasteiger charge is -2.25. The molecule has 2 heterocycles. The van der Waals surface area contributed by atoms with E-state index in [0.29, 0.717) is 12.2 Å². The van der Waals surface area contributed by atoms with Crippen LogP contribution in [-0.2, 0) is 23.9 Å². The smallest absolute Gasteiger partial charge is 0.336 e. The van der Waals surface area contributed by atoms with Crippen LogP contribution in [0.2, 0.25) is 0 Å². The third-order valence-electron chi connectivity index (χ3n) is 5.04. The lowest BCUT2D eigenvalue weighted by molar-refractivity contribution is -0.384. The Morgan fingerprint density at radius 3 is 2.43 bits per heavy atom. The molecule has 10 heteroatoms. The maximum Gasteiger partial charge on any atom is 0.336 e. The lowest BCUT2D eigenvalue weighted by Crippen LogP contribution is -2.34. The molecule has 0 bridgehead atoms. The molecule has 160 valence electrons. The van der Waals surface area contributed by atoms with Crippen molar-refractivity contribution in [3.8, 4) is 0 Å². The molecule has 0 radical (unpaired) electrons. The van der Waals surface area contributed by atoms with Gasteiger partial charge in [-0.1, -0.05) is 12.1 Å². The fourth-order valence-electron chi connectivity index (χ4n) is 3.76. The summed E-state index contributed by atoms with van der Waals surface area (Å²) in [6.07, 6.45) is 0.256. The topological polar surface area (TPSA) is 119 Å². The molecule has 0 aromatic heterocycles. The third kappa shape index (κ3) is 4.18. The van der Waals surface area contributed by atoms with Gasteiger partial charge in [-0.05, 0) is 19.4 Å². The highest BCUT2D eigenvalue weighted by atomic mass is 16.6. The fraction of sp³-hybridized carbons (Fsp3) is 0.450. The van der Waals surface area contributed by atoms with Crippen molar-refractivity contribution >= 4 is 23.5 Å². The van der Waals surface area contributed by atoms with Crippen LogP contribution in [-0.4, -0.2) is 52.5 Å². The first-order valence-corrected chi connectivity index (χ1v) is 9.76. The molecular formula is C20H23N3O7. The van der Waals surface area contributed by atoms with Gasteiger partial charge in [0, 0.05) is 31.5 Å². The number of carbonyl (C=O) groups is 3. The zero-order valence-electron chi connectivity index (χ0n) is 16.8. The largest absolute Gasteiger partial charge is 0.466 e. The van der Waals surface area contributed by atoms with Gasteiger partial charge in [-0.2, -0.15) is 0 Å². The number of hydrazine groups is 1. The Hall–Kier alpha value is -3.27. The molecule has 0 saturated carbocycles. The minimum absolute atomic E-state index is 0.0311. The molecule has 1 atom stereocenters. The van der Waals surface area contributed by atoms with Crippen molar-refractivity contribution in [3.63, 3.8) is 0 Å². The second-order valence-electron chi connectivity index (χ2n) is 6.81. The van der Waals surface area contributed by atoms with Crippen molar-refractivity contribution in [1.82, 2.24) is 10.0 Å². The molecule has 2 aliphatic heterocycles. The molecule has 3 rings (SSSR count). The number of non-ortho nitro benzene ring substituents is 1. The van der Waals surface area contributed by atoms with E-state index in [2.05, 4.69) is 0 Å².